The van der Waals surface area contributed by atoms with Gasteiger partial charge in [-0.05, 0) is 45.1 Å². The standard InChI is InChI=1S/C15H25N3O2/c1-2-15(7-8-16-10-15)14(20)18-9-3-4-12(18)13(19)17-11-5-6-11/h11-12,16H,2-10H2,1H3,(H,17,19). The maximum absolute atomic E-state index is 12.9. The molecule has 0 aromatic rings. The quantitative estimate of drug-likeness (QED) is 0.794. The molecule has 5 nitrogen and oxygen atoms in total. The molecule has 2 atom stereocenters. The fraction of sp³-hybridized carbons (Fsp3) is 0.867. The lowest BCUT2D eigenvalue weighted by atomic mass is 9.82. The Bertz CT molecular complexity index is 400. The van der Waals surface area contributed by atoms with E-state index < -0.39 is 0 Å². The molecular formula is C15H25N3O2. The molecule has 2 saturated heterocycles. The van der Waals surface area contributed by atoms with Gasteiger partial charge in [-0.15, -0.1) is 0 Å². The zero-order valence-electron chi connectivity index (χ0n) is 12.3. The van der Waals surface area contributed by atoms with Gasteiger partial charge in [0.05, 0.1) is 5.41 Å². The van der Waals surface area contributed by atoms with Gasteiger partial charge in [-0.3, -0.25) is 9.59 Å². The van der Waals surface area contributed by atoms with Gasteiger partial charge in [-0.2, -0.15) is 0 Å². The molecule has 2 heterocycles. The molecule has 3 aliphatic rings. The second-order valence-electron chi connectivity index (χ2n) is 6.50. The lowest BCUT2D eigenvalue weighted by Gasteiger charge is -2.33. The van der Waals surface area contributed by atoms with Crippen LogP contribution in [0, 0.1) is 5.41 Å². The van der Waals surface area contributed by atoms with Crippen molar-refractivity contribution < 1.29 is 9.59 Å². The molecule has 0 aromatic carbocycles. The van der Waals surface area contributed by atoms with Crippen LogP contribution in [0.4, 0.5) is 0 Å². The SMILES string of the molecule is CCC1(C(=O)N2CCCC2C(=O)NC2CC2)CCNC1. The van der Waals surface area contributed by atoms with Crippen LogP contribution < -0.4 is 10.6 Å². The topological polar surface area (TPSA) is 61.4 Å². The fourth-order valence-corrected chi connectivity index (χ4v) is 3.49. The van der Waals surface area contributed by atoms with Crippen LogP contribution in [0.5, 0.6) is 0 Å². The third-order valence-corrected chi connectivity index (χ3v) is 5.11. The average Bonchev–Trinajstić information content (AvgIpc) is 3.00. The van der Waals surface area contributed by atoms with Crippen LogP contribution in [0.15, 0.2) is 0 Å². The summed E-state index contributed by atoms with van der Waals surface area (Å²) in [6, 6.07) is 0.139. The van der Waals surface area contributed by atoms with E-state index in [0.717, 1.165) is 58.2 Å². The van der Waals surface area contributed by atoms with Gasteiger partial charge in [-0.1, -0.05) is 6.92 Å². The van der Waals surface area contributed by atoms with E-state index in [1.54, 1.807) is 0 Å². The summed E-state index contributed by atoms with van der Waals surface area (Å²) >= 11 is 0. The molecule has 20 heavy (non-hydrogen) atoms. The second kappa shape index (κ2) is 5.35. The third-order valence-electron chi connectivity index (χ3n) is 5.11. The van der Waals surface area contributed by atoms with E-state index in [1.165, 1.54) is 0 Å². The Morgan fingerprint density at radius 3 is 2.75 bits per heavy atom. The van der Waals surface area contributed by atoms with Crippen molar-refractivity contribution in [2.75, 3.05) is 19.6 Å². The lowest BCUT2D eigenvalue weighted by molar-refractivity contribution is -0.146. The molecule has 1 aliphatic carbocycles. The van der Waals surface area contributed by atoms with E-state index >= 15 is 0 Å². The highest BCUT2D eigenvalue weighted by Gasteiger charge is 2.46. The molecule has 3 rings (SSSR count). The van der Waals surface area contributed by atoms with Gasteiger partial charge in [0.25, 0.3) is 0 Å². The normalized spacial score (nSPS) is 33.5. The van der Waals surface area contributed by atoms with Gasteiger partial charge in [0, 0.05) is 19.1 Å². The Kier molecular flexibility index (Phi) is 3.71. The maximum Gasteiger partial charge on any atom is 0.243 e. The summed E-state index contributed by atoms with van der Waals surface area (Å²) in [5.41, 5.74) is -0.275. The molecule has 112 valence electrons. The van der Waals surface area contributed by atoms with Crippen LogP contribution in [0.2, 0.25) is 0 Å². The highest BCUT2D eigenvalue weighted by atomic mass is 16.2. The first-order valence-corrected chi connectivity index (χ1v) is 7.98. The largest absolute Gasteiger partial charge is 0.352 e. The molecule has 0 radical (unpaired) electrons. The zero-order valence-corrected chi connectivity index (χ0v) is 12.3. The van der Waals surface area contributed by atoms with Crippen molar-refractivity contribution in [2.24, 2.45) is 5.41 Å². The number of amides is 2. The Balaban J connectivity index is 1.70. The smallest absolute Gasteiger partial charge is 0.243 e. The Morgan fingerprint density at radius 2 is 2.15 bits per heavy atom. The minimum absolute atomic E-state index is 0.0653. The van der Waals surface area contributed by atoms with E-state index in [0.29, 0.717) is 6.04 Å². The lowest BCUT2D eigenvalue weighted by Crippen LogP contribution is -2.52. The van der Waals surface area contributed by atoms with Crippen molar-refractivity contribution in [1.29, 1.82) is 0 Å². The van der Waals surface area contributed by atoms with Crippen LogP contribution in [-0.4, -0.2) is 48.4 Å². The van der Waals surface area contributed by atoms with Crippen molar-refractivity contribution >= 4 is 11.8 Å². The number of likely N-dealkylation sites (tertiary alicyclic amines) is 1. The third kappa shape index (κ3) is 2.43. The second-order valence-corrected chi connectivity index (χ2v) is 6.50. The number of rotatable bonds is 4. The van der Waals surface area contributed by atoms with Gasteiger partial charge in [-0.25, -0.2) is 0 Å². The van der Waals surface area contributed by atoms with E-state index in [9.17, 15) is 9.59 Å². The van der Waals surface area contributed by atoms with Gasteiger partial charge in [0.2, 0.25) is 11.8 Å². The molecule has 2 N–H and O–H groups in total. The van der Waals surface area contributed by atoms with Crippen LogP contribution >= 0.6 is 0 Å². The van der Waals surface area contributed by atoms with Crippen molar-refractivity contribution in [2.45, 2.75) is 57.5 Å². The van der Waals surface area contributed by atoms with Crippen molar-refractivity contribution in [3.63, 3.8) is 0 Å². The van der Waals surface area contributed by atoms with Gasteiger partial charge in [0.1, 0.15) is 6.04 Å². The number of carbonyl (C=O) groups is 2. The molecule has 0 bridgehead atoms. The van der Waals surface area contributed by atoms with Gasteiger partial charge >= 0.3 is 0 Å². The first kappa shape index (κ1) is 13.9. The van der Waals surface area contributed by atoms with Crippen LogP contribution in [0.25, 0.3) is 0 Å². The Morgan fingerprint density at radius 1 is 1.35 bits per heavy atom. The minimum atomic E-state index is -0.275. The molecule has 3 fully saturated rings. The molecular weight excluding hydrogens is 254 g/mol. The monoisotopic (exact) mass is 279 g/mol. The molecule has 1 saturated carbocycles. The van der Waals surface area contributed by atoms with Crippen LogP contribution in [-0.2, 0) is 9.59 Å². The summed E-state index contributed by atoms with van der Waals surface area (Å²) in [4.78, 5) is 27.1. The Hall–Kier alpha value is -1.10. The highest BCUT2D eigenvalue weighted by Crippen LogP contribution is 2.34. The number of nitrogens with zero attached hydrogens (tertiary/aromatic N) is 1. The zero-order chi connectivity index (χ0) is 14.2. The summed E-state index contributed by atoms with van der Waals surface area (Å²) in [6.07, 6.45) is 5.70. The fourth-order valence-electron chi connectivity index (χ4n) is 3.49. The van der Waals surface area contributed by atoms with Crippen LogP contribution in [0.1, 0.15) is 45.4 Å². The minimum Gasteiger partial charge on any atom is -0.352 e. The van der Waals surface area contributed by atoms with E-state index in [4.69, 9.17) is 0 Å². The molecule has 2 amide bonds. The van der Waals surface area contributed by atoms with E-state index in [1.807, 2.05) is 4.90 Å². The highest BCUT2D eigenvalue weighted by molar-refractivity contribution is 5.91. The first-order chi connectivity index (χ1) is 9.66. The van der Waals surface area contributed by atoms with Crippen molar-refractivity contribution in [3.8, 4) is 0 Å². The van der Waals surface area contributed by atoms with Crippen LogP contribution in [0.3, 0.4) is 0 Å². The van der Waals surface area contributed by atoms with Crippen molar-refractivity contribution in [3.05, 3.63) is 0 Å². The van der Waals surface area contributed by atoms with Crippen molar-refractivity contribution in [1.82, 2.24) is 15.5 Å². The summed E-state index contributed by atoms with van der Waals surface area (Å²) < 4.78 is 0. The first-order valence-electron chi connectivity index (χ1n) is 7.98. The maximum atomic E-state index is 12.9. The summed E-state index contributed by atoms with van der Waals surface area (Å²) in [5.74, 6) is 0.258. The molecule has 0 aromatic heterocycles. The predicted molar refractivity (Wildman–Crippen MR) is 76.1 cm³/mol. The van der Waals surface area contributed by atoms with E-state index in [2.05, 4.69) is 17.6 Å². The number of hydrogen-bond donors (Lipinski definition) is 2. The molecule has 0 spiro atoms. The molecule has 2 unspecified atom stereocenters. The average molecular weight is 279 g/mol. The Labute approximate surface area is 120 Å². The number of carbonyl (C=O) groups excluding carboxylic acids is 2. The van der Waals surface area contributed by atoms with E-state index in [-0.39, 0.29) is 23.3 Å². The van der Waals surface area contributed by atoms with Gasteiger partial charge in [0.15, 0.2) is 0 Å². The molecule has 2 aliphatic heterocycles. The number of nitrogens with one attached hydrogen (secondary N) is 2. The summed E-state index contributed by atoms with van der Waals surface area (Å²) in [7, 11) is 0. The van der Waals surface area contributed by atoms with Gasteiger partial charge < -0.3 is 15.5 Å². The predicted octanol–water partition coefficient (Wildman–Crippen LogP) is 0.646. The summed E-state index contributed by atoms with van der Waals surface area (Å²) in [6.45, 7) is 4.49. The number of hydrogen-bond acceptors (Lipinski definition) is 3. The molecule has 5 heteroatoms. The summed E-state index contributed by atoms with van der Waals surface area (Å²) in [5, 5.41) is 6.36.